The van der Waals surface area contributed by atoms with Crippen molar-refractivity contribution in [2.45, 2.75) is 38.0 Å². The summed E-state index contributed by atoms with van der Waals surface area (Å²) in [6.07, 6.45) is 3.32. The predicted octanol–water partition coefficient (Wildman–Crippen LogP) is 3.43. The Bertz CT molecular complexity index is 938. The molecule has 31 heavy (non-hydrogen) atoms. The molecule has 1 N–H and O–H groups in total. The van der Waals surface area contributed by atoms with E-state index in [2.05, 4.69) is 17.1 Å². The van der Waals surface area contributed by atoms with Crippen molar-refractivity contribution in [1.29, 1.82) is 0 Å². The fourth-order valence-corrected chi connectivity index (χ4v) is 5.17. The van der Waals surface area contributed by atoms with Gasteiger partial charge in [-0.2, -0.15) is 0 Å². The molecule has 0 aliphatic carbocycles. The summed E-state index contributed by atoms with van der Waals surface area (Å²) in [6.45, 7) is 7.68. The van der Waals surface area contributed by atoms with Crippen LogP contribution in [0.3, 0.4) is 0 Å². The summed E-state index contributed by atoms with van der Waals surface area (Å²) in [5.41, 5.74) is 1.45. The number of para-hydroxylation sites is 1. The number of rotatable bonds is 9. The monoisotopic (exact) mass is 443 g/mol. The number of piperidine rings is 1. The average Bonchev–Trinajstić information content (AvgIpc) is 2.77. The van der Waals surface area contributed by atoms with Gasteiger partial charge in [0.15, 0.2) is 0 Å². The minimum absolute atomic E-state index is 0.175. The number of hydrogen-bond donors (Lipinski definition) is 1. The van der Waals surface area contributed by atoms with Crippen molar-refractivity contribution in [2.24, 2.45) is 5.92 Å². The van der Waals surface area contributed by atoms with Gasteiger partial charge in [-0.25, -0.2) is 8.42 Å². The van der Waals surface area contributed by atoms with Gasteiger partial charge in [-0.1, -0.05) is 42.8 Å². The van der Waals surface area contributed by atoms with Gasteiger partial charge >= 0.3 is 0 Å². The molecule has 7 heteroatoms. The second-order valence-electron chi connectivity index (χ2n) is 8.39. The molecule has 0 bridgehead atoms. The molecular weight excluding hydrogens is 410 g/mol. The fourth-order valence-electron chi connectivity index (χ4n) is 3.75. The van der Waals surface area contributed by atoms with Gasteiger partial charge in [0, 0.05) is 6.54 Å². The van der Waals surface area contributed by atoms with Gasteiger partial charge in [-0.05, 0) is 76.0 Å². The Hall–Kier alpha value is -2.38. The van der Waals surface area contributed by atoms with Gasteiger partial charge in [-0.3, -0.25) is 9.10 Å². The summed E-state index contributed by atoms with van der Waals surface area (Å²) >= 11 is 0. The number of sulfonamides is 1. The van der Waals surface area contributed by atoms with Crippen molar-refractivity contribution in [3.63, 3.8) is 0 Å². The van der Waals surface area contributed by atoms with E-state index in [9.17, 15) is 13.2 Å². The summed E-state index contributed by atoms with van der Waals surface area (Å²) in [6, 6.07) is 15.5. The molecule has 3 rings (SSSR count). The quantitative estimate of drug-likeness (QED) is 0.603. The molecule has 0 saturated carbocycles. The van der Waals surface area contributed by atoms with Crippen LogP contribution < -0.4 is 9.62 Å². The maximum absolute atomic E-state index is 13.3. The maximum atomic E-state index is 13.3. The molecule has 2 aromatic carbocycles. The van der Waals surface area contributed by atoms with Crippen LogP contribution in [0.4, 0.5) is 5.69 Å². The summed E-state index contributed by atoms with van der Waals surface area (Å²) < 4.78 is 27.7. The second-order valence-corrected chi connectivity index (χ2v) is 10.3. The first-order chi connectivity index (χ1) is 14.9. The van der Waals surface area contributed by atoms with Gasteiger partial charge in [0.2, 0.25) is 5.91 Å². The highest BCUT2D eigenvalue weighted by molar-refractivity contribution is 7.92. The number of aryl methyl sites for hydroxylation is 1. The zero-order chi connectivity index (χ0) is 22.3. The first-order valence-electron chi connectivity index (χ1n) is 11.0. The Morgan fingerprint density at radius 1 is 1.06 bits per heavy atom. The van der Waals surface area contributed by atoms with Crippen LogP contribution in [0.15, 0.2) is 59.5 Å². The number of hydrogen-bond acceptors (Lipinski definition) is 4. The molecule has 2 aromatic rings. The summed E-state index contributed by atoms with van der Waals surface area (Å²) in [5, 5.41) is 2.89. The number of nitrogens with zero attached hydrogens (tertiary/aromatic N) is 2. The largest absolute Gasteiger partial charge is 0.354 e. The standard InChI is InChI=1S/C24H33N3O3S/c1-20-9-11-23(12-10-20)31(29,30)27(22-7-4-3-5-8-22)19-24(28)25-15-6-16-26-17-13-21(2)14-18-26/h3-5,7-12,21H,6,13-19H2,1-2H3,(H,25,28). The highest BCUT2D eigenvalue weighted by Crippen LogP contribution is 2.23. The van der Waals surface area contributed by atoms with Crippen molar-refractivity contribution in [2.75, 3.05) is 37.0 Å². The van der Waals surface area contributed by atoms with Gasteiger partial charge in [0.1, 0.15) is 6.54 Å². The predicted molar refractivity (Wildman–Crippen MR) is 125 cm³/mol. The Kier molecular flexibility index (Phi) is 8.09. The Balaban J connectivity index is 1.61. The minimum atomic E-state index is -3.85. The third kappa shape index (κ3) is 6.55. The van der Waals surface area contributed by atoms with E-state index < -0.39 is 10.0 Å². The van der Waals surface area contributed by atoms with E-state index in [1.54, 1.807) is 48.5 Å². The Morgan fingerprint density at radius 2 is 1.71 bits per heavy atom. The van der Waals surface area contributed by atoms with Crippen LogP contribution in [0.2, 0.25) is 0 Å². The van der Waals surface area contributed by atoms with Gasteiger partial charge in [-0.15, -0.1) is 0 Å². The summed E-state index contributed by atoms with van der Waals surface area (Å²) in [7, 11) is -3.85. The molecule has 1 heterocycles. The molecule has 0 aromatic heterocycles. The molecule has 6 nitrogen and oxygen atoms in total. The molecule has 0 atom stereocenters. The number of carbonyl (C=O) groups is 1. The molecule has 1 saturated heterocycles. The fraction of sp³-hybridized carbons (Fsp3) is 0.458. The molecule has 0 spiro atoms. The lowest BCUT2D eigenvalue weighted by atomic mass is 9.99. The van der Waals surface area contributed by atoms with Crippen LogP contribution in [0.25, 0.3) is 0 Å². The third-order valence-electron chi connectivity index (χ3n) is 5.79. The van der Waals surface area contributed by atoms with E-state index in [1.807, 2.05) is 13.0 Å². The van der Waals surface area contributed by atoms with Crippen LogP contribution in [0.5, 0.6) is 0 Å². The molecule has 0 unspecified atom stereocenters. The van der Waals surface area contributed by atoms with Gasteiger partial charge < -0.3 is 10.2 Å². The summed E-state index contributed by atoms with van der Waals surface area (Å²) in [4.78, 5) is 15.2. The average molecular weight is 444 g/mol. The smallest absolute Gasteiger partial charge is 0.264 e. The molecule has 1 amide bonds. The topological polar surface area (TPSA) is 69.7 Å². The SMILES string of the molecule is Cc1ccc(S(=O)(=O)N(CC(=O)NCCCN2CCC(C)CC2)c2ccccc2)cc1. The number of amides is 1. The highest BCUT2D eigenvalue weighted by atomic mass is 32.2. The lowest BCUT2D eigenvalue weighted by Gasteiger charge is -2.30. The van der Waals surface area contributed by atoms with E-state index in [0.717, 1.165) is 37.5 Å². The van der Waals surface area contributed by atoms with E-state index in [1.165, 1.54) is 17.1 Å². The van der Waals surface area contributed by atoms with Crippen molar-refractivity contribution >= 4 is 21.6 Å². The maximum Gasteiger partial charge on any atom is 0.264 e. The van der Waals surface area contributed by atoms with Crippen molar-refractivity contribution in [3.05, 3.63) is 60.2 Å². The number of benzene rings is 2. The lowest BCUT2D eigenvalue weighted by Crippen LogP contribution is -2.41. The van der Waals surface area contributed by atoms with Crippen LogP contribution >= 0.6 is 0 Å². The molecular formula is C24H33N3O3S. The third-order valence-corrected chi connectivity index (χ3v) is 7.58. The van der Waals surface area contributed by atoms with E-state index in [4.69, 9.17) is 0 Å². The van der Waals surface area contributed by atoms with Gasteiger partial charge in [0.05, 0.1) is 10.6 Å². The van der Waals surface area contributed by atoms with E-state index in [0.29, 0.717) is 12.2 Å². The second kappa shape index (κ2) is 10.8. The number of likely N-dealkylation sites (tertiary alicyclic amines) is 1. The van der Waals surface area contributed by atoms with Crippen molar-refractivity contribution in [3.8, 4) is 0 Å². The molecule has 168 valence electrons. The van der Waals surface area contributed by atoms with Gasteiger partial charge in [0.25, 0.3) is 10.0 Å². The Morgan fingerprint density at radius 3 is 2.35 bits per heavy atom. The zero-order valence-corrected chi connectivity index (χ0v) is 19.3. The zero-order valence-electron chi connectivity index (χ0n) is 18.5. The van der Waals surface area contributed by atoms with E-state index in [-0.39, 0.29) is 17.3 Å². The number of nitrogens with one attached hydrogen (secondary N) is 1. The molecule has 0 radical (unpaired) electrons. The first kappa shape index (κ1) is 23.3. The first-order valence-corrected chi connectivity index (χ1v) is 12.4. The van der Waals surface area contributed by atoms with Crippen molar-refractivity contribution in [1.82, 2.24) is 10.2 Å². The number of carbonyl (C=O) groups excluding carboxylic acids is 1. The van der Waals surface area contributed by atoms with Crippen LogP contribution in [0.1, 0.15) is 31.7 Å². The molecule has 1 aliphatic heterocycles. The molecule has 1 fully saturated rings. The van der Waals surface area contributed by atoms with Crippen LogP contribution in [-0.2, 0) is 14.8 Å². The Labute approximate surface area is 186 Å². The lowest BCUT2D eigenvalue weighted by molar-refractivity contribution is -0.119. The number of anilines is 1. The minimum Gasteiger partial charge on any atom is -0.354 e. The highest BCUT2D eigenvalue weighted by Gasteiger charge is 2.27. The summed E-state index contributed by atoms with van der Waals surface area (Å²) in [5.74, 6) is 0.502. The van der Waals surface area contributed by atoms with Crippen molar-refractivity contribution < 1.29 is 13.2 Å². The van der Waals surface area contributed by atoms with Crippen LogP contribution in [-0.4, -0.2) is 51.9 Å². The molecule has 1 aliphatic rings. The van der Waals surface area contributed by atoms with E-state index >= 15 is 0 Å². The normalized spacial score (nSPS) is 15.5. The van der Waals surface area contributed by atoms with Crippen LogP contribution in [0, 0.1) is 12.8 Å².